The molecule has 33 heteroatoms. The number of nitrogen functional groups attached to an aromatic ring is 1. The molecule has 16 atom stereocenters. The number of methoxy groups -OCH3 is 1. The Morgan fingerprint density at radius 2 is 1.64 bits per heavy atom. The van der Waals surface area contributed by atoms with Crippen LogP contribution in [0.5, 0.6) is 5.75 Å². The van der Waals surface area contributed by atoms with Crippen molar-refractivity contribution in [2.45, 2.75) is 201 Å². The van der Waals surface area contributed by atoms with E-state index >= 15 is 4.79 Å². The lowest BCUT2D eigenvalue weighted by Gasteiger charge is -2.63. The van der Waals surface area contributed by atoms with E-state index in [1.165, 1.54) is 31.8 Å². The molecule has 9 heterocycles. The maximum atomic E-state index is 15.4. The van der Waals surface area contributed by atoms with Crippen LogP contribution in [0.1, 0.15) is 148 Å². The van der Waals surface area contributed by atoms with Gasteiger partial charge < -0.3 is 76.2 Å². The van der Waals surface area contributed by atoms with Crippen LogP contribution < -0.4 is 31.6 Å². The maximum Gasteiger partial charge on any atom is 0.407 e. The van der Waals surface area contributed by atoms with Crippen molar-refractivity contribution >= 4 is 90.6 Å². The van der Waals surface area contributed by atoms with Gasteiger partial charge in [-0.1, -0.05) is 95.3 Å². The van der Waals surface area contributed by atoms with E-state index in [0.717, 1.165) is 58.5 Å². The van der Waals surface area contributed by atoms with Gasteiger partial charge in [-0.05, 0) is 125 Å². The highest BCUT2D eigenvalue weighted by atomic mass is 33.1. The second-order valence-electron chi connectivity index (χ2n) is 32.9. The number of benzene rings is 3. The van der Waals surface area contributed by atoms with E-state index in [-0.39, 0.29) is 92.5 Å². The fourth-order valence-electron chi connectivity index (χ4n) is 20.2. The number of aromatic amines is 2. The Kier molecular flexibility index (Phi) is 25.0. The third kappa shape index (κ3) is 16.3. The average molecular weight is 1640 g/mol. The Hall–Kier alpha value is -8.74. The summed E-state index contributed by atoms with van der Waals surface area (Å²) in [7, 11) is 6.41. The molecule has 7 aromatic rings. The monoisotopic (exact) mass is 1630 g/mol. The normalized spacial score (nSPS) is 28.8. The minimum atomic E-state index is -2.42. The number of rotatable bonds is 33. The van der Waals surface area contributed by atoms with Gasteiger partial charge in [0.05, 0.1) is 80.2 Å². The number of para-hydroxylation sites is 1. The topological polar surface area (TPSA) is 450 Å². The Bertz CT molecular complexity index is 4910. The summed E-state index contributed by atoms with van der Waals surface area (Å²) in [5.41, 5.74) is 7.93. The van der Waals surface area contributed by atoms with E-state index < -0.39 is 112 Å². The summed E-state index contributed by atoms with van der Waals surface area (Å²) in [5, 5.41) is 94.6. The fourth-order valence-corrected chi connectivity index (χ4v) is 22.1. The molecule has 31 nitrogen and oxygen atoms in total. The van der Waals surface area contributed by atoms with Crippen molar-refractivity contribution in [1.82, 2.24) is 60.3 Å². The number of alkyl carbamates (subject to hydrolysis) is 1. The van der Waals surface area contributed by atoms with Crippen molar-refractivity contribution in [2.24, 2.45) is 17.3 Å². The third-order valence-corrected chi connectivity index (χ3v) is 28.3. The molecular formula is C83H106N14O17S2. The first kappa shape index (κ1) is 83.7. The van der Waals surface area contributed by atoms with Crippen molar-refractivity contribution in [3.8, 4) is 5.75 Å². The molecule has 5 unspecified atom stereocenters. The zero-order valence-electron chi connectivity index (χ0n) is 66.1. The number of Topliss-reactive ketones (excluding diaryl/α,β-unsaturated/α-hetero) is 3. The first-order valence-corrected chi connectivity index (χ1v) is 42.9. The van der Waals surface area contributed by atoms with Gasteiger partial charge >= 0.3 is 12.1 Å². The molecule has 4 aromatic heterocycles. The van der Waals surface area contributed by atoms with E-state index in [1.54, 1.807) is 31.6 Å². The van der Waals surface area contributed by atoms with Crippen molar-refractivity contribution in [3.63, 3.8) is 0 Å². The minimum Gasteiger partial charge on any atom is -0.496 e. The highest BCUT2D eigenvalue weighted by Crippen LogP contribution is 2.68. The van der Waals surface area contributed by atoms with Crippen LogP contribution >= 0.6 is 21.6 Å². The number of anilines is 2. The number of likely N-dealkylation sites (N-methyl/N-ethyl adjacent to an activating group) is 1. The molecule has 0 radical (unpaired) electrons. The van der Waals surface area contributed by atoms with Crippen molar-refractivity contribution in [1.29, 1.82) is 0 Å². The Morgan fingerprint density at radius 1 is 0.853 bits per heavy atom. The standard InChI is InChI=1S/C83H106N14O17S2/c1-6-80(110)41-48-40-79(3,70-53(25-29-95(44-48)46-80)52-14-8-9-15-57(52)89-70)56-38-55-59(39-62(56)112-5)94(4)75-82(55)27-30-96-28-13-26-81(7-2,74(82)96)76(108)83(75,111)64(100)43-86-78(109)114-33-35-116-115-34-12-17-61(99)58(36-51-45-97(93-92-51)31-32-113-63-37-54(73(106)107)67(102)69(104)68(63)103)88-65(101)18-11-10-16-60(98)49-22-19-47(20-23-49)21-24-50-42-85-71-66(87-50)72(105)91-77(84)90-71/h8-9,13-15,19-20,22-23,26,38-39,42,45,48,54,58,63,67-69,74-76,89,102-104,108,110-111H,6-7,10-12,16-18,21,24-25,27-37,40-41,43-44,46H2,1-5H3,(H,86,109)(H,88,101)(H,106,107)(H3,84,85,90,91,105)/t48-,54?,58-,63?,67?,68+,69-,74-,75+,76+,79+,80?,81+,82+,83-/m0/s1. The molecule has 116 heavy (non-hydrogen) atoms. The average Bonchev–Trinajstić information content (AvgIpc) is 1.47. The summed E-state index contributed by atoms with van der Waals surface area (Å²) >= 11 is 0. The number of carbonyl (C=O) groups is 6. The predicted octanol–water partition coefficient (Wildman–Crippen LogP) is 4.85. The van der Waals surface area contributed by atoms with Crippen molar-refractivity contribution in [2.75, 3.05) is 88.8 Å². The third-order valence-electron chi connectivity index (χ3n) is 25.8. The number of carbonyl (C=O) groups excluding carboxylic acids is 5. The lowest BCUT2D eigenvalue weighted by atomic mass is 9.47. The van der Waals surface area contributed by atoms with E-state index in [0.29, 0.717) is 118 Å². The summed E-state index contributed by atoms with van der Waals surface area (Å²) < 4.78 is 19.3. The summed E-state index contributed by atoms with van der Waals surface area (Å²) in [4.78, 5) is 120. The van der Waals surface area contributed by atoms with Gasteiger partial charge in [-0.25, -0.2) is 19.4 Å². The number of aliphatic hydroxyl groups excluding tert-OH is 4. The van der Waals surface area contributed by atoms with Crippen LogP contribution in [0.4, 0.5) is 16.4 Å². The Balaban J connectivity index is 0.585. The van der Waals surface area contributed by atoms with Gasteiger partial charge in [-0.2, -0.15) is 4.98 Å². The van der Waals surface area contributed by atoms with E-state index in [2.05, 4.69) is 106 Å². The molecular weight excluding hydrogens is 1530 g/mol. The molecule has 14 rings (SSSR count). The van der Waals surface area contributed by atoms with Gasteiger partial charge in [-0.15, -0.1) is 5.10 Å². The molecule has 7 aliphatic rings. The van der Waals surface area contributed by atoms with Gasteiger partial charge in [0.1, 0.15) is 30.7 Å². The second kappa shape index (κ2) is 34.7. The SMILES string of the molecule is CCC1(O)C[C@H]2CN(CCc3c([nH]c4ccccc34)[C@@](C)(c3cc4c(cc3OC)N(C)[C@H]3[C@@](O)(C(=O)CNC(=O)OCCSSCCCC(=O)[C@H](Cc5cn(CCOC6CC(C(=O)O)C(O)[C@H](O)[C@@H]6O)nn5)NC(=O)CCCCC(=O)c5ccc(CCc6cnc7nc(N)[nH]c(=O)c7n6)cc5)[C@H](O)[C@]5(CC)C=CCN6CC[C@]43[C@@H]65)C2)C1. The quantitative estimate of drug-likeness (QED) is 0.0113. The molecule has 13 N–H and O–H groups in total. The van der Waals surface area contributed by atoms with Crippen molar-refractivity contribution in [3.05, 3.63) is 140 Å². The smallest absolute Gasteiger partial charge is 0.407 e. The number of unbranched alkanes of at least 4 members (excludes halogenated alkanes) is 1. The number of hydrogen-bond donors (Lipinski definition) is 12. The molecule has 2 saturated heterocycles. The summed E-state index contributed by atoms with van der Waals surface area (Å²) in [6, 6.07) is 17.7. The summed E-state index contributed by atoms with van der Waals surface area (Å²) in [6.45, 7) is 9.19. The molecule has 622 valence electrons. The maximum absolute atomic E-state index is 15.4. The molecule has 2 saturated carbocycles. The first-order chi connectivity index (χ1) is 55.6. The number of nitrogens with zero attached hydrogens (tertiary/aromatic N) is 9. The zero-order chi connectivity index (χ0) is 82.2. The number of aromatic nitrogens is 8. The molecule has 4 fully saturated rings. The molecule has 1 spiro atoms. The number of H-pyrrole nitrogens is 2. The number of aliphatic hydroxyl groups is 6. The van der Waals surface area contributed by atoms with Gasteiger partial charge in [0.25, 0.3) is 5.56 Å². The molecule has 2 amide bonds. The van der Waals surface area contributed by atoms with Crippen LogP contribution in [-0.2, 0) is 71.7 Å². The second-order valence-corrected chi connectivity index (χ2v) is 35.6. The van der Waals surface area contributed by atoms with Gasteiger partial charge in [0, 0.05) is 138 Å². The highest BCUT2D eigenvalue weighted by Gasteiger charge is 2.78. The number of hydrogen-bond acceptors (Lipinski definition) is 27. The number of aryl methyl sites for hydroxylation is 2. The number of ether oxygens (including phenoxy) is 3. The fraction of sp³-hybridized carbons (Fsp3) is 0.566. The number of carboxylic acids is 1. The highest BCUT2D eigenvalue weighted by molar-refractivity contribution is 8.76. The van der Waals surface area contributed by atoms with Gasteiger partial charge in [-0.3, -0.25) is 43.6 Å². The van der Waals surface area contributed by atoms with Gasteiger partial charge in [0.15, 0.2) is 34.1 Å². The molecule has 5 aliphatic heterocycles. The van der Waals surface area contributed by atoms with E-state index in [4.69, 9.17) is 19.9 Å². The Morgan fingerprint density at radius 3 is 2.41 bits per heavy atom. The number of amides is 2. The van der Waals surface area contributed by atoms with E-state index in [1.807, 2.05) is 43.2 Å². The van der Waals surface area contributed by atoms with Crippen LogP contribution in [0.3, 0.4) is 0 Å². The largest absolute Gasteiger partial charge is 0.496 e. The molecule has 3 aromatic carbocycles. The zero-order valence-corrected chi connectivity index (χ0v) is 67.7. The summed E-state index contributed by atoms with van der Waals surface area (Å²) in [6.07, 6.45) is 4.57. The number of fused-ring (bicyclic) bond motifs is 7. The molecule has 2 bridgehead atoms. The lowest BCUT2D eigenvalue weighted by Crippen LogP contribution is -2.81. The van der Waals surface area contributed by atoms with Gasteiger partial charge in [0.2, 0.25) is 11.9 Å². The molecule has 2 aliphatic carbocycles. The summed E-state index contributed by atoms with van der Waals surface area (Å²) in [5.74, 6) is -2.69. The van der Waals surface area contributed by atoms with Crippen LogP contribution in [0.25, 0.3) is 22.1 Å². The first-order valence-electron chi connectivity index (χ1n) is 40.4. The minimum absolute atomic E-state index is 0.0209. The van der Waals surface area contributed by atoms with Crippen LogP contribution in [0.15, 0.2) is 90.0 Å². The lowest BCUT2D eigenvalue weighted by molar-refractivity contribution is -0.201. The Labute approximate surface area is 679 Å². The number of piperidine rings is 1. The number of nitrogens with one attached hydrogen (secondary N) is 4. The number of carboxylic acid groups (broad SMARTS) is 1. The number of aliphatic carboxylic acids is 1. The predicted molar refractivity (Wildman–Crippen MR) is 434 cm³/mol. The van der Waals surface area contributed by atoms with Crippen LogP contribution in [-0.4, -0.2) is 259 Å². The van der Waals surface area contributed by atoms with E-state index in [9.17, 15) is 64.5 Å². The van der Waals surface area contributed by atoms with Crippen molar-refractivity contribution < 1.29 is 78.7 Å². The number of ketones is 3. The van der Waals surface area contributed by atoms with Crippen LogP contribution in [0, 0.1) is 17.3 Å². The van der Waals surface area contributed by atoms with Crippen LogP contribution in [0.2, 0.25) is 0 Å². The number of nitrogens with two attached hydrogens (primary N) is 1.